The highest BCUT2D eigenvalue weighted by molar-refractivity contribution is 5.83. The molecule has 1 aliphatic heterocycles. The summed E-state index contributed by atoms with van der Waals surface area (Å²) in [5.74, 6) is 0.677. The Hall–Kier alpha value is -1.36. The lowest BCUT2D eigenvalue weighted by molar-refractivity contribution is -0.140. The van der Waals surface area contributed by atoms with Crippen LogP contribution in [0.1, 0.15) is 43.3 Å². The third kappa shape index (κ3) is 1.74. The van der Waals surface area contributed by atoms with Gasteiger partial charge in [-0.3, -0.25) is 4.79 Å². The molecule has 2 aliphatic rings. The number of carbonyl (C=O) groups is 1. The van der Waals surface area contributed by atoms with Crippen LogP contribution in [0.2, 0.25) is 0 Å². The van der Waals surface area contributed by atoms with Crippen molar-refractivity contribution in [3.05, 3.63) is 17.8 Å². The van der Waals surface area contributed by atoms with Crippen LogP contribution in [0.25, 0.3) is 0 Å². The van der Waals surface area contributed by atoms with Crippen molar-refractivity contribution in [2.24, 2.45) is 0 Å². The van der Waals surface area contributed by atoms with Crippen molar-refractivity contribution in [1.29, 1.82) is 0 Å². The van der Waals surface area contributed by atoms with Crippen molar-refractivity contribution in [3.63, 3.8) is 0 Å². The average molecular weight is 237 g/mol. The molecular formula is C12H15NO4. The van der Waals surface area contributed by atoms with Gasteiger partial charge >= 0.3 is 5.97 Å². The Morgan fingerprint density at radius 1 is 1.41 bits per heavy atom. The SMILES string of the molecule is O=C(O)C1(c2cnc(C3CCOCC3)o2)CC1. The molecule has 0 radical (unpaired) electrons. The van der Waals surface area contributed by atoms with Gasteiger partial charge in [0.1, 0.15) is 11.2 Å². The van der Waals surface area contributed by atoms with Gasteiger partial charge in [0, 0.05) is 19.1 Å². The van der Waals surface area contributed by atoms with E-state index in [1.54, 1.807) is 6.20 Å². The lowest BCUT2D eigenvalue weighted by Gasteiger charge is -2.18. The number of aliphatic carboxylic acids is 1. The molecule has 1 saturated heterocycles. The quantitative estimate of drug-likeness (QED) is 0.865. The molecule has 17 heavy (non-hydrogen) atoms. The topological polar surface area (TPSA) is 72.6 Å². The molecule has 0 bridgehead atoms. The first-order valence-corrected chi connectivity index (χ1v) is 6.00. The largest absolute Gasteiger partial charge is 0.480 e. The van der Waals surface area contributed by atoms with Crippen LogP contribution in [-0.2, 0) is 14.9 Å². The Balaban J connectivity index is 1.80. The molecule has 0 spiro atoms. The predicted octanol–water partition coefficient (Wildman–Crippen LogP) is 1.68. The Morgan fingerprint density at radius 2 is 2.12 bits per heavy atom. The molecule has 2 fully saturated rings. The van der Waals surface area contributed by atoms with Gasteiger partial charge in [0.2, 0.25) is 0 Å². The van der Waals surface area contributed by atoms with E-state index in [0.29, 0.717) is 24.5 Å². The van der Waals surface area contributed by atoms with E-state index in [0.717, 1.165) is 26.1 Å². The van der Waals surface area contributed by atoms with Gasteiger partial charge in [0.15, 0.2) is 5.89 Å². The van der Waals surface area contributed by atoms with Crippen LogP contribution in [0.15, 0.2) is 10.6 Å². The monoisotopic (exact) mass is 237 g/mol. The van der Waals surface area contributed by atoms with Crippen molar-refractivity contribution >= 4 is 5.97 Å². The number of rotatable bonds is 3. The predicted molar refractivity (Wildman–Crippen MR) is 57.8 cm³/mol. The summed E-state index contributed by atoms with van der Waals surface area (Å²) in [4.78, 5) is 15.4. The number of ether oxygens (including phenoxy) is 1. The molecule has 0 aromatic carbocycles. The van der Waals surface area contributed by atoms with Crippen molar-refractivity contribution in [3.8, 4) is 0 Å². The van der Waals surface area contributed by atoms with E-state index in [2.05, 4.69) is 4.98 Å². The second-order valence-corrected chi connectivity index (χ2v) is 4.84. The zero-order chi connectivity index (χ0) is 11.9. The lowest BCUT2D eigenvalue weighted by Crippen LogP contribution is -2.18. The maximum absolute atomic E-state index is 11.2. The summed E-state index contributed by atoms with van der Waals surface area (Å²) in [7, 11) is 0. The molecule has 92 valence electrons. The van der Waals surface area contributed by atoms with Crippen molar-refractivity contribution in [1.82, 2.24) is 4.98 Å². The van der Waals surface area contributed by atoms with Gasteiger partial charge in [-0.05, 0) is 25.7 Å². The molecule has 5 heteroatoms. The van der Waals surface area contributed by atoms with Crippen LogP contribution in [0, 0.1) is 0 Å². The van der Waals surface area contributed by atoms with Crippen molar-refractivity contribution in [2.75, 3.05) is 13.2 Å². The number of aromatic nitrogens is 1. The molecule has 1 aromatic heterocycles. The molecule has 3 rings (SSSR count). The minimum Gasteiger partial charge on any atom is -0.480 e. The Bertz CT molecular complexity index is 429. The highest BCUT2D eigenvalue weighted by atomic mass is 16.5. The molecule has 0 amide bonds. The van der Waals surface area contributed by atoms with E-state index in [4.69, 9.17) is 14.3 Å². The van der Waals surface area contributed by atoms with Crippen LogP contribution in [0.5, 0.6) is 0 Å². The zero-order valence-corrected chi connectivity index (χ0v) is 9.52. The summed E-state index contributed by atoms with van der Waals surface area (Å²) in [5, 5.41) is 9.17. The fourth-order valence-electron chi connectivity index (χ4n) is 2.33. The molecule has 0 atom stereocenters. The van der Waals surface area contributed by atoms with Gasteiger partial charge in [-0.1, -0.05) is 0 Å². The van der Waals surface area contributed by atoms with E-state index in [-0.39, 0.29) is 5.92 Å². The highest BCUT2D eigenvalue weighted by Gasteiger charge is 2.55. The highest BCUT2D eigenvalue weighted by Crippen LogP contribution is 2.49. The number of carboxylic acid groups (broad SMARTS) is 1. The average Bonchev–Trinajstić information content (AvgIpc) is 3.02. The molecule has 0 unspecified atom stereocenters. The van der Waals surface area contributed by atoms with Gasteiger partial charge in [-0.2, -0.15) is 0 Å². The third-order valence-corrected chi connectivity index (χ3v) is 3.73. The second kappa shape index (κ2) is 3.84. The molecule has 1 aromatic rings. The molecular weight excluding hydrogens is 222 g/mol. The van der Waals surface area contributed by atoms with Crippen LogP contribution >= 0.6 is 0 Å². The first kappa shape index (κ1) is 10.8. The van der Waals surface area contributed by atoms with Gasteiger partial charge in [0.25, 0.3) is 0 Å². The minimum absolute atomic E-state index is 0.280. The van der Waals surface area contributed by atoms with E-state index in [1.807, 2.05) is 0 Å². The first-order chi connectivity index (χ1) is 8.22. The number of hydrogen-bond donors (Lipinski definition) is 1. The van der Waals surface area contributed by atoms with Crippen LogP contribution in [0.3, 0.4) is 0 Å². The Labute approximate surface area is 98.8 Å². The van der Waals surface area contributed by atoms with Crippen LogP contribution < -0.4 is 0 Å². The summed E-state index contributed by atoms with van der Waals surface area (Å²) in [6, 6.07) is 0. The maximum Gasteiger partial charge on any atom is 0.317 e. The number of nitrogens with zero attached hydrogens (tertiary/aromatic N) is 1. The minimum atomic E-state index is -0.799. The summed E-state index contributed by atoms with van der Waals surface area (Å²) in [5.41, 5.74) is -0.781. The lowest BCUT2D eigenvalue weighted by atomic mass is 10.0. The number of carboxylic acids is 1. The van der Waals surface area contributed by atoms with Crippen LogP contribution in [0.4, 0.5) is 0 Å². The molecule has 1 N–H and O–H groups in total. The van der Waals surface area contributed by atoms with Gasteiger partial charge in [-0.15, -0.1) is 0 Å². The van der Waals surface area contributed by atoms with Crippen LogP contribution in [-0.4, -0.2) is 29.3 Å². The molecule has 1 saturated carbocycles. The van der Waals surface area contributed by atoms with Gasteiger partial charge in [0.05, 0.1) is 6.20 Å². The molecule has 5 nitrogen and oxygen atoms in total. The Morgan fingerprint density at radius 3 is 2.71 bits per heavy atom. The molecule has 1 aliphatic carbocycles. The summed E-state index contributed by atoms with van der Waals surface area (Å²) >= 11 is 0. The fourth-order valence-corrected chi connectivity index (χ4v) is 2.33. The second-order valence-electron chi connectivity index (χ2n) is 4.84. The summed E-state index contributed by atoms with van der Waals surface area (Å²) in [6.45, 7) is 1.46. The summed E-state index contributed by atoms with van der Waals surface area (Å²) in [6.07, 6.45) is 4.71. The first-order valence-electron chi connectivity index (χ1n) is 6.00. The van der Waals surface area contributed by atoms with E-state index in [1.165, 1.54) is 0 Å². The van der Waals surface area contributed by atoms with Gasteiger partial charge < -0.3 is 14.3 Å². The normalized spacial score (nSPS) is 23.5. The van der Waals surface area contributed by atoms with E-state index < -0.39 is 11.4 Å². The number of oxazole rings is 1. The van der Waals surface area contributed by atoms with E-state index in [9.17, 15) is 4.79 Å². The standard InChI is InChI=1S/C12H15NO4/c14-11(15)12(3-4-12)9-7-13-10(17-9)8-1-5-16-6-2-8/h7-8H,1-6H2,(H,14,15). The number of hydrogen-bond acceptors (Lipinski definition) is 4. The zero-order valence-electron chi connectivity index (χ0n) is 9.52. The molecule has 2 heterocycles. The third-order valence-electron chi connectivity index (χ3n) is 3.73. The fraction of sp³-hybridized carbons (Fsp3) is 0.667. The Kier molecular flexibility index (Phi) is 2.43. The van der Waals surface area contributed by atoms with E-state index >= 15 is 0 Å². The van der Waals surface area contributed by atoms with Gasteiger partial charge in [-0.25, -0.2) is 4.98 Å². The smallest absolute Gasteiger partial charge is 0.317 e. The summed E-state index contributed by atoms with van der Waals surface area (Å²) < 4.78 is 10.9. The van der Waals surface area contributed by atoms with Crippen molar-refractivity contribution in [2.45, 2.75) is 37.0 Å². The van der Waals surface area contributed by atoms with Crippen molar-refractivity contribution < 1.29 is 19.1 Å². The maximum atomic E-state index is 11.2.